The second-order valence-corrected chi connectivity index (χ2v) is 16.4. The second-order valence-electron chi connectivity index (χ2n) is 16.4. The molecule has 0 aliphatic carbocycles. The number of carboxylic acid groups (broad SMARTS) is 1. The number of pyridine rings is 2. The molecule has 0 saturated heterocycles. The van der Waals surface area contributed by atoms with E-state index >= 15 is 0 Å². The van der Waals surface area contributed by atoms with Gasteiger partial charge in [-0.2, -0.15) is 0 Å². The molecule has 67 heavy (non-hydrogen) atoms. The van der Waals surface area contributed by atoms with Gasteiger partial charge in [-0.05, 0) is 120 Å². The van der Waals surface area contributed by atoms with Crippen LogP contribution in [0.3, 0.4) is 0 Å². The van der Waals surface area contributed by atoms with Crippen molar-refractivity contribution in [2.24, 2.45) is 10.8 Å². The van der Waals surface area contributed by atoms with Crippen LogP contribution in [-0.2, 0) is 30.4 Å². The number of imidazole rings is 2. The number of aliphatic carboxylic acids is 1. The number of carboxylic acids is 1. The van der Waals surface area contributed by atoms with Crippen LogP contribution in [0.2, 0.25) is 0 Å². The molecule has 16 nitrogen and oxygen atoms in total. The van der Waals surface area contributed by atoms with Gasteiger partial charge in [-0.15, -0.1) is 0 Å². The van der Waals surface area contributed by atoms with Crippen LogP contribution < -0.4 is 9.47 Å². The molecule has 0 spiro atoms. The highest BCUT2D eigenvalue weighted by Gasteiger charge is 2.31. The molecule has 7 rings (SSSR count). The Morgan fingerprint density at radius 1 is 0.522 bits per heavy atom. The van der Waals surface area contributed by atoms with E-state index in [1.807, 2.05) is 91.0 Å². The predicted octanol–water partition coefficient (Wildman–Crippen LogP) is 9.27. The number of hydrogen-bond donors (Lipinski definition) is 3. The van der Waals surface area contributed by atoms with Gasteiger partial charge >= 0.3 is 23.9 Å². The molecule has 0 aliphatic heterocycles. The van der Waals surface area contributed by atoms with Crippen molar-refractivity contribution in [3.63, 3.8) is 0 Å². The maximum atomic E-state index is 12.6. The van der Waals surface area contributed by atoms with Crippen molar-refractivity contribution in [3.8, 4) is 56.8 Å². The van der Waals surface area contributed by atoms with Crippen molar-refractivity contribution in [2.75, 3.05) is 26.4 Å². The summed E-state index contributed by atoms with van der Waals surface area (Å²) >= 11 is 0. The van der Waals surface area contributed by atoms with Crippen LogP contribution in [0.4, 0.5) is 0 Å². The fourth-order valence-corrected chi connectivity index (χ4v) is 5.98. The molecule has 0 atom stereocenters. The molecule has 7 aromatic rings. The minimum Gasteiger partial charge on any atom is -0.492 e. The zero-order valence-corrected chi connectivity index (χ0v) is 38.1. The van der Waals surface area contributed by atoms with E-state index in [1.165, 1.54) is 12.4 Å². The third kappa shape index (κ3) is 13.2. The first-order valence-electron chi connectivity index (χ1n) is 21.4. The first kappa shape index (κ1) is 48.3. The Bertz CT molecular complexity index is 2730. The Kier molecular flexibility index (Phi) is 16.0. The quantitative estimate of drug-likeness (QED) is 0.0540. The van der Waals surface area contributed by atoms with Crippen LogP contribution >= 0.6 is 0 Å². The number of nitrogens with zero attached hydrogens (tertiary/aromatic N) is 4. The fraction of sp³-hybridized carbons (Fsp3) is 0.255. The number of aromatic nitrogens is 6. The smallest absolute Gasteiger partial charge is 0.356 e. The highest BCUT2D eigenvalue weighted by atomic mass is 16.5. The lowest BCUT2D eigenvalue weighted by molar-refractivity contribution is -0.157. The van der Waals surface area contributed by atoms with E-state index in [1.54, 1.807) is 66.1 Å². The summed E-state index contributed by atoms with van der Waals surface area (Å²) in [4.78, 5) is 70.6. The van der Waals surface area contributed by atoms with E-state index in [-0.39, 0.29) is 31.5 Å². The number of rotatable bonds is 18. The number of carbonyl (C=O) groups is 4. The fourth-order valence-electron chi connectivity index (χ4n) is 5.98. The summed E-state index contributed by atoms with van der Waals surface area (Å²) in [6.45, 7) is 11.4. The van der Waals surface area contributed by atoms with Gasteiger partial charge in [0.25, 0.3) is 0 Å². The average molecular weight is 909 g/mol. The van der Waals surface area contributed by atoms with E-state index in [0.29, 0.717) is 42.1 Å². The minimum absolute atomic E-state index is 0.0750. The molecular weight excluding hydrogens is 857 g/mol. The second kappa shape index (κ2) is 22.2. The van der Waals surface area contributed by atoms with Crippen LogP contribution in [-0.4, -0.2) is 85.3 Å². The van der Waals surface area contributed by atoms with Gasteiger partial charge in [-0.25, -0.2) is 19.6 Å². The third-order valence-corrected chi connectivity index (χ3v) is 10.1. The number of ether oxygens (including phenoxy) is 5. The minimum atomic E-state index is -0.963. The Morgan fingerprint density at radius 3 is 1.36 bits per heavy atom. The van der Waals surface area contributed by atoms with Gasteiger partial charge in [0.1, 0.15) is 54.4 Å². The van der Waals surface area contributed by atoms with Crippen molar-refractivity contribution in [1.29, 1.82) is 0 Å². The zero-order valence-electron chi connectivity index (χ0n) is 38.1. The molecule has 4 aromatic heterocycles. The maximum absolute atomic E-state index is 12.6. The van der Waals surface area contributed by atoms with Gasteiger partial charge in [0.15, 0.2) is 0 Å². The molecule has 0 bridgehead atoms. The molecule has 0 aliphatic rings. The summed E-state index contributed by atoms with van der Waals surface area (Å²) < 4.78 is 26.9. The summed E-state index contributed by atoms with van der Waals surface area (Å²) in [6.07, 6.45) is 6.25. The average Bonchev–Trinajstić information content (AvgIpc) is 4.05. The molecule has 0 amide bonds. The summed E-state index contributed by atoms with van der Waals surface area (Å²) in [5.41, 5.74) is 4.58. The van der Waals surface area contributed by atoms with E-state index in [4.69, 9.17) is 28.8 Å². The van der Waals surface area contributed by atoms with Gasteiger partial charge < -0.3 is 38.8 Å². The van der Waals surface area contributed by atoms with Crippen LogP contribution in [0.1, 0.15) is 68.1 Å². The van der Waals surface area contributed by atoms with Crippen molar-refractivity contribution in [3.05, 3.63) is 145 Å². The van der Waals surface area contributed by atoms with Crippen molar-refractivity contribution in [2.45, 2.75) is 48.1 Å². The Hall–Kier alpha value is -8.14. The SMILES string of the molecule is CCOC(=O)c1cnc(-c2ccc(-c3ccc(OCC(C)(C)C(=O)O)cc3)nc2)[nH]1.CCOC(=O)c1cnc(-c2ccc(-c3ccc(OCC(C)(C)C(=O)OCc4ccccc4)cc3)nc2)[nH]1. The largest absolute Gasteiger partial charge is 0.492 e. The van der Waals surface area contributed by atoms with Crippen LogP contribution in [0.5, 0.6) is 11.5 Å². The number of benzene rings is 3. The maximum Gasteiger partial charge on any atom is 0.356 e. The molecule has 4 heterocycles. The monoisotopic (exact) mass is 908 g/mol. The summed E-state index contributed by atoms with van der Waals surface area (Å²) in [5, 5.41) is 9.15. The van der Waals surface area contributed by atoms with Gasteiger partial charge in [-0.1, -0.05) is 30.3 Å². The number of hydrogen-bond acceptors (Lipinski definition) is 13. The molecule has 0 radical (unpaired) electrons. The Morgan fingerprint density at radius 2 is 0.955 bits per heavy atom. The summed E-state index contributed by atoms with van der Waals surface area (Å²) in [6, 6.07) is 31.8. The first-order chi connectivity index (χ1) is 32.1. The van der Waals surface area contributed by atoms with E-state index in [9.17, 15) is 19.2 Å². The number of nitrogens with one attached hydrogen (secondary N) is 2. The van der Waals surface area contributed by atoms with Crippen LogP contribution in [0.15, 0.2) is 128 Å². The highest BCUT2D eigenvalue weighted by molar-refractivity contribution is 5.88. The lowest BCUT2D eigenvalue weighted by atomic mass is 9.95. The lowest BCUT2D eigenvalue weighted by Gasteiger charge is -2.23. The summed E-state index contributed by atoms with van der Waals surface area (Å²) in [5.74, 6) is 0.184. The normalized spacial score (nSPS) is 11.1. The topological polar surface area (TPSA) is 218 Å². The van der Waals surface area contributed by atoms with Gasteiger partial charge in [0.2, 0.25) is 0 Å². The van der Waals surface area contributed by atoms with Crippen molar-refractivity contribution < 1.29 is 48.0 Å². The van der Waals surface area contributed by atoms with Gasteiger partial charge in [0.05, 0.1) is 47.8 Å². The van der Waals surface area contributed by atoms with Gasteiger partial charge in [-0.3, -0.25) is 19.6 Å². The number of carbonyl (C=O) groups excluding carboxylic acids is 3. The lowest BCUT2D eigenvalue weighted by Crippen LogP contribution is -2.32. The number of esters is 3. The first-order valence-corrected chi connectivity index (χ1v) is 21.4. The number of H-pyrrole nitrogens is 2. The number of aromatic amines is 2. The zero-order chi connectivity index (χ0) is 48.0. The van der Waals surface area contributed by atoms with E-state index < -0.39 is 28.7 Å². The Balaban J connectivity index is 0.000000226. The molecule has 0 saturated carbocycles. The molecular formula is C51H52N6O10. The van der Waals surface area contributed by atoms with Crippen LogP contribution in [0, 0.1) is 10.8 Å². The highest BCUT2D eigenvalue weighted by Crippen LogP contribution is 2.27. The third-order valence-electron chi connectivity index (χ3n) is 10.1. The van der Waals surface area contributed by atoms with E-state index in [2.05, 4.69) is 29.9 Å². The summed E-state index contributed by atoms with van der Waals surface area (Å²) in [7, 11) is 0. The molecule has 0 fully saturated rings. The molecule has 3 aromatic carbocycles. The van der Waals surface area contributed by atoms with Crippen molar-refractivity contribution in [1.82, 2.24) is 29.9 Å². The Labute approximate surface area is 387 Å². The van der Waals surface area contributed by atoms with Gasteiger partial charge in [0, 0.05) is 34.6 Å². The predicted molar refractivity (Wildman–Crippen MR) is 249 cm³/mol. The standard InChI is InChI=1S/C29H29N3O5.C22H23N3O5/c1-4-35-27(33)25-17-31-26(32-25)22-12-15-24(30-16-22)21-10-13-23(14-11-21)37-19-29(2,3)28(34)36-18-20-8-6-5-7-9-20;1-4-29-20(26)18-12-24-19(25-18)15-7-10-17(23-11-15)14-5-8-16(9-6-14)30-13-22(2,3)21(27)28/h5-17H,4,18-19H2,1-3H3,(H,31,32);5-12H,4,13H2,1-3H3,(H,24,25)(H,27,28). The van der Waals surface area contributed by atoms with E-state index in [0.717, 1.165) is 39.2 Å². The molecule has 16 heteroatoms. The van der Waals surface area contributed by atoms with Crippen LogP contribution in [0.25, 0.3) is 45.3 Å². The van der Waals surface area contributed by atoms with Crippen molar-refractivity contribution >= 4 is 23.9 Å². The molecule has 0 unspecified atom stereocenters. The molecule has 3 N–H and O–H groups in total. The molecule has 346 valence electrons.